The molecule has 3 aromatic rings. The molecular weight excluding hydrogens is 340 g/mol. The first kappa shape index (κ1) is 13.8. The molecule has 0 bridgehead atoms. The molecule has 3 rings (SSSR count). The van der Waals surface area contributed by atoms with Crippen LogP contribution in [0.25, 0.3) is 10.9 Å². The van der Waals surface area contributed by atoms with Gasteiger partial charge in [0, 0.05) is 22.7 Å². The summed E-state index contributed by atoms with van der Waals surface area (Å²) in [5, 5.41) is 0.901. The van der Waals surface area contributed by atoms with Crippen LogP contribution >= 0.6 is 15.9 Å². The molecule has 0 saturated heterocycles. The molecule has 0 atom stereocenters. The monoisotopic (exact) mass is 347 g/mol. The maximum atomic E-state index is 13.5. The van der Waals surface area contributed by atoms with Crippen molar-refractivity contribution in [3.8, 4) is 0 Å². The number of carbonyl (C=O) groups is 1. The molecule has 1 heterocycles. The lowest BCUT2D eigenvalue weighted by Crippen LogP contribution is -2.04. The molecule has 0 aliphatic heterocycles. The van der Waals surface area contributed by atoms with Gasteiger partial charge in [-0.2, -0.15) is 0 Å². The van der Waals surface area contributed by atoms with Crippen molar-refractivity contribution in [3.05, 3.63) is 75.9 Å². The number of fused-ring (bicyclic) bond motifs is 1. The van der Waals surface area contributed by atoms with Crippen LogP contribution in [0.1, 0.15) is 15.9 Å². The third kappa shape index (κ3) is 2.45. The molecule has 0 unspecified atom stereocenters. The fraction of sp³-hybridized carbons (Fsp3) is 0. The van der Waals surface area contributed by atoms with E-state index in [0.29, 0.717) is 11.1 Å². The second kappa shape index (κ2) is 5.33. The van der Waals surface area contributed by atoms with Gasteiger partial charge >= 0.3 is 0 Å². The highest BCUT2D eigenvalue weighted by Crippen LogP contribution is 2.26. The van der Waals surface area contributed by atoms with Crippen LogP contribution in [-0.4, -0.2) is 10.8 Å². The van der Waals surface area contributed by atoms with Crippen molar-refractivity contribution in [2.45, 2.75) is 0 Å². The number of aromatic nitrogens is 1. The van der Waals surface area contributed by atoms with Gasteiger partial charge in [-0.3, -0.25) is 9.78 Å². The van der Waals surface area contributed by atoms with Gasteiger partial charge in [0.05, 0.1) is 9.99 Å². The first-order valence-electron chi connectivity index (χ1n) is 6.11. The van der Waals surface area contributed by atoms with E-state index in [0.717, 1.165) is 11.5 Å². The van der Waals surface area contributed by atoms with E-state index in [1.807, 2.05) is 6.07 Å². The van der Waals surface area contributed by atoms with E-state index in [9.17, 15) is 13.6 Å². The highest BCUT2D eigenvalue weighted by Gasteiger charge is 2.18. The molecule has 0 amide bonds. The summed E-state index contributed by atoms with van der Waals surface area (Å²) >= 11 is 2.93. The summed E-state index contributed by atoms with van der Waals surface area (Å²) in [6.07, 6.45) is 1.63. The first-order chi connectivity index (χ1) is 10.1. The van der Waals surface area contributed by atoms with E-state index in [4.69, 9.17) is 0 Å². The Kier molecular flexibility index (Phi) is 3.51. The van der Waals surface area contributed by atoms with Crippen LogP contribution in [0.5, 0.6) is 0 Å². The molecule has 104 valence electrons. The van der Waals surface area contributed by atoms with Crippen LogP contribution in [0.4, 0.5) is 8.78 Å². The summed E-state index contributed by atoms with van der Waals surface area (Å²) in [6.45, 7) is 0. The molecule has 0 aliphatic rings. The van der Waals surface area contributed by atoms with E-state index in [-0.39, 0.29) is 10.0 Å². The molecule has 0 N–H and O–H groups in total. The Morgan fingerprint density at radius 3 is 2.71 bits per heavy atom. The quantitative estimate of drug-likeness (QED) is 0.504. The van der Waals surface area contributed by atoms with E-state index in [1.54, 1.807) is 30.5 Å². The average molecular weight is 348 g/mol. The number of pyridine rings is 1. The van der Waals surface area contributed by atoms with Gasteiger partial charge in [-0.05, 0) is 40.2 Å². The zero-order valence-corrected chi connectivity index (χ0v) is 12.2. The standard InChI is InChI=1S/C16H8BrF2NO/c17-14-11(5-6-12(18)15(14)19)16(21)10-4-3-9-2-1-7-20-13(9)8-10/h1-8H. The number of ketones is 1. The lowest BCUT2D eigenvalue weighted by Gasteiger charge is -2.06. The Bertz CT molecular complexity index is 864. The number of benzene rings is 2. The fourth-order valence-electron chi connectivity index (χ4n) is 2.06. The lowest BCUT2D eigenvalue weighted by atomic mass is 10.0. The Hall–Kier alpha value is -2.14. The molecule has 0 fully saturated rings. The normalized spacial score (nSPS) is 10.8. The van der Waals surface area contributed by atoms with E-state index in [1.165, 1.54) is 6.07 Å². The Morgan fingerprint density at radius 1 is 1.10 bits per heavy atom. The Morgan fingerprint density at radius 2 is 1.90 bits per heavy atom. The van der Waals surface area contributed by atoms with Crippen molar-refractivity contribution < 1.29 is 13.6 Å². The summed E-state index contributed by atoms with van der Waals surface area (Å²) in [6, 6.07) is 10.9. The Labute approximate surface area is 127 Å². The minimum absolute atomic E-state index is 0.0733. The third-order valence-corrected chi connectivity index (χ3v) is 3.92. The predicted molar refractivity (Wildman–Crippen MR) is 79.2 cm³/mol. The number of rotatable bonds is 2. The second-order valence-electron chi connectivity index (χ2n) is 4.46. The molecule has 2 nitrogen and oxygen atoms in total. The van der Waals surface area contributed by atoms with Gasteiger partial charge in [-0.25, -0.2) is 8.78 Å². The van der Waals surface area contributed by atoms with Crippen LogP contribution in [0.2, 0.25) is 0 Å². The first-order valence-corrected chi connectivity index (χ1v) is 6.90. The number of halogens is 3. The summed E-state index contributed by atoms with van der Waals surface area (Å²) in [4.78, 5) is 16.6. The highest BCUT2D eigenvalue weighted by molar-refractivity contribution is 9.10. The van der Waals surface area contributed by atoms with Crippen LogP contribution in [0.3, 0.4) is 0 Å². The maximum Gasteiger partial charge on any atom is 0.194 e. The second-order valence-corrected chi connectivity index (χ2v) is 5.26. The summed E-state index contributed by atoms with van der Waals surface area (Å²) in [5.74, 6) is -2.47. The van der Waals surface area contributed by atoms with Gasteiger partial charge in [-0.1, -0.05) is 18.2 Å². The van der Waals surface area contributed by atoms with Gasteiger partial charge in [0.2, 0.25) is 0 Å². The largest absolute Gasteiger partial charge is 0.289 e. The van der Waals surface area contributed by atoms with Crippen LogP contribution in [-0.2, 0) is 0 Å². The molecule has 0 aliphatic carbocycles. The number of carbonyl (C=O) groups excluding carboxylic acids is 1. The number of hydrogen-bond acceptors (Lipinski definition) is 2. The maximum absolute atomic E-state index is 13.5. The van der Waals surface area contributed by atoms with Gasteiger partial charge in [0.15, 0.2) is 17.4 Å². The van der Waals surface area contributed by atoms with Crippen molar-refractivity contribution >= 4 is 32.6 Å². The van der Waals surface area contributed by atoms with Crippen molar-refractivity contribution in [1.82, 2.24) is 4.98 Å². The van der Waals surface area contributed by atoms with Crippen LogP contribution < -0.4 is 0 Å². The molecule has 1 aromatic heterocycles. The van der Waals surface area contributed by atoms with Gasteiger partial charge in [0.1, 0.15) is 0 Å². The van der Waals surface area contributed by atoms with Gasteiger partial charge < -0.3 is 0 Å². The molecule has 0 saturated carbocycles. The number of nitrogens with zero attached hydrogens (tertiary/aromatic N) is 1. The predicted octanol–water partition coefficient (Wildman–Crippen LogP) is 4.51. The smallest absolute Gasteiger partial charge is 0.194 e. The van der Waals surface area contributed by atoms with Gasteiger partial charge in [0.25, 0.3) is 0 Å². The molecule has 0 spiro atoms. The third-order valence-electron chi connectivity index (χ3n) is 3.15. The fourth-order valence-corrected chi connectivity index (χ4v) is 2.57. The summed E-state index contributed by atoms with van der Waals surface area (Å²) < 4.78 is 26.5. The van der Waals surface area contributed by atoms with Crippen molar-refractivity contribution in [2.24, 2.45) is 0 Å². The zero-order chi connectivity index (χ0) is 15.0. The van der Waals surface area contributed by atoms with Crippen molar-refractivity contribution in [1.29, 1.82) is 0 Å². The van der Waals surface area contributed by atoms with Crippen molar-refractivity contribution in [2.75, 3.05) is 0 Å². The SMILES string of the molecule is O=C(c1ccc2cccnc2c1)c1ccc(F)c(F)c1Br. The zero-order valence-electron chi connectivity index (χ0n) is 10.6. The Balaban J connectivity index is 2.10. The molecule has 2 aromatic carbocycles. The van der Waals surface area contributed by atoms with E-state index in [2.05, 4.69) is 20.9 Å². The average Bonchev–Trinajstić information content (AvgIpc) is 2.52. The summed E-state index contributed by atoms with van der Waals surface area (Å²) in [5.41, 5.74) is 1.11. The molecule has 21 heavy (non-hydrogen) atoms. The lowest BCUT2D eigenvalue weighted by molar-refractivity contribution is 0.103. The molecule has 0 radical (unpaired) electrons. The minimum atomic E-state index is -1.07. The van der Waals surface area contributed by atoms with Crippen LogP contribution in [0.15, 0.2) is 53.1 Å². The molecular formula is C16H8BrF2NO. The topological polar surface area (TPSA) is 30.0 Å². The summed E-state index contributed by atoms with van der Waals surface area (Å²) in [7, 11) is 0. The van der Waals surface area contributed by atoms with E-state index < -0.39 is 17.4 Å². The highest BCUT2D eigenvalue weighted by atomic mass is 79.9. The molecule has 5 heteroatoms. The van der Waals surface area contributed by atoms with Gasteiger partial charge in [-0.15, -0.1) is 0 Å². The minimum Gasteiger partial charge on any atom is -0.289 e. The van der Waals surface area contributed by atoms with Crippen molar-refractivity contribution in [3.63, 3.8) is 0 Å². The van der Waals surface area contributed by atoms with Crippen LogP contribution in [0, 0.1) is 11.6 Å². The van der Waals surface area contributed by atoms with E-state index >= 15 is 0 Å². The number of hydrogen-bond donors (Lipinski definition) is 0.